The first-order valence-electron chi connectivity index (χ1n) is 7.44. The van der Waals surface area contributed by atoms with Crippen molar-refractivity contribution in [2.75, 3.05) is 26.0 Å². The molecular weight excluding hydrogens is 282 g/mol. The number of hydrogen-bond acceptors (Lipinski definition) is 4. The molecule has 1 fully saturated rings. The topological polar surface area (TPSA) is 70.7 Å². The van der Waals surface area contributed by atoms with Crippen LogP contribution in [0.3, 0.4) is 0 Å². The number of carbonyl (C=O) groups excluding carboxylic acids is 2. The fourth-order valence-electron chi connectivity index (χ4n) is 1.99. The number of ether oxygens (including phenoxy) is 1. The van der Waals surface area contributed by atoms with Crippen LogP contribution in [0.1, 0.15) is 19.8 Å². The first-order valence-corrected chi connectivity index (χ1v) is 7.44. The Balaban J connectivity index is 1.80. The monoisotopic (exact) mass is 305 g/mol. The van der Waals surface area contributed by atoms with E-state index in [4.69, 9.17) is 4.74 Å². The average Bonchev–Trinajstić information content (AvgIpc) is 3.30. The molecule has 6 heteroatoms. The van der Waals surface area contributed by atoms with E-state index in [0.29, 0.717) is 11.7 Å². The van der Waals surface area contributed by atoms with Crippen molar-refractivity contribution in [2.24, 2.45) is 0 Å². The summed E-state index contributed by atoms with van der Waals surface area (Å²) in [4.78, 5) is 25.7. The zero-order valence-electron chi connectivity index (χ0n) is 13.3. The molecule has 2 rings (SSSR count). The van der Waals surface area contributed by atoms with Crippen molar-refractivity contribution < 1.29 is 14.3 Å². The molecule has 1 aromatic rings. The number of nitrogens with zero attached hydrogens (tertiary/aromatic N) is 1. The maximum Gasteiger partial charge on any atom is 0.238 e. The van der Waals surface area contributed by atoms with Crippen molar-refractivity contribution in [1.29, 1.82) is 0 Å². The molecule has 2 amide bonds. The predicted molar refractivity (Wildman–Crippen MR) is 84.9 cm³/mol. The van der Waals surface area contributed by atoms with Gasteiger partial charge in [0.05, 0.1) is 19.7 Å². The van der Waals surface area contributed by atoms with E-state index in [1.807, 2.05) is 0 Å². The van der Waals surface area contributed by atoms with Crippen molar-refractivity contribution in [3.63, 3.8) is 0 Å². The molecule has 0 aromatic heterocycles. The molecule has 1 aliphatic rings. The smallest absolute Gasteiger partial charge is 0.238 e. The highest BCUT2D eigenvalue weighted by atomic mass is 16.5. The van der Waals surface area contributed by atoms with Gasteiger partial charge in [0.1, 0.15) is 5.75 Å². The minimum absolute atomic E-state index is 0.0257. The van der Waals surface area contributed by atoms with Gasteiger partial charge in [-0.05, 0) is 51.1 Å². The Kier molecular flexibility index (Phi) is 5.38. The minimum Gasteiger partial charge on any atom is -0.497 e. The lowest BCUT2D eigenvalue weighted by atomic mass is 10.2. The molecule has 1 atom stereocenters. The summed E-state index contributed by atoms with van der Waals surface area (Å²) in [6.07, 6.45) is 2.11. The zero-order chi connectivity index (χ0) is 16.1. The van der Waals surface area contributed by atoms with E-state index >= 15 is 0 Å². The molecule has 1 aliphatic carbocycles. The lowest BCUT2D eigenvalue weighted by molar-refractivity contribution is -0.126. The maximum atomic E-state index is 12.0. The second-order valence-electron chi connectivity index (χ2n) is 5.65. The molecule has 1 aromatic carbocycles. The lowest BCUT2D eigenvalue weighted by Gasteiger charge is -2.23. The Morgan fingerprint density at radius 2 is 1.95 bits per heavy atom. The molecule has 1 unspecified atom stereocenters. The summed E-state index contributed by atoms with van der Waals surface area (Å²) in [5, 5.41) is 5.75. The molecule has 0 bridgehead atoms. The van der Waals surface area contributed by atoms with Crippen LogP contribution >= 0.6 is 0 Å². The Morgan fingerprint density at radius 1 is 1.32 bits per heavy atom. The number of benzene rings is 1. The van der Waals surface area contributed by atoms with Crippen LogP contribution in [0.15, 0.2) is 24.3 Å². The van der Waals surface area contributed by atoms with Gasteiger partial charge in [-0.25, -0.2) is 0 Å². The SMILES string of the molecule is COc1ccc(NC(=O)CN(C)C(C)C(=O)NC2CC2)cc1. The van der Waals surface area contributed by atoms with Crippen molar-refractivity contribution in [2.45, 2.75) is 31.8 Å². The van der Waals surface area contributed by atoms with Crippen LogP contribution in [0.25, 0.3) is 0 Å². The summed E-state index contributed by atoms with van der Waals surface area (Å²) in [5.41, 5.74) is 0.703. The van der Waals surface area contributed by atoms with E-state index < -0.39 is 0 Å². The number of anilines is 1. The van der Waals surface area contributed by atoms with Crippen LogP contribution < -0.4 is 15.4 Å². The summed E-state index contributed by atoms with van der Waals surface area (Å²) in [5.74, 6) is 0.557. The third-order valence-corrected chi connectivity index (χ3v) is 3.73. The summed E-state index contributed by atoms with van der Waals surface area (Å²) >= 11 is 0. The highest BCUT2D eigenvalue weighted by molar-refractivity contribution is 5.92. The number of amides is 2. The number of nitrogens with one attached hydrogen (secondary N) is 2. The maximum absolute atomic E-state index is 12.0. The number of rotatable bonds is 7. The zero-order valence-corrected chi connectivity index (χ0v) is 13.3. The number of likely N-dealkylation sites (N-methyl/N-ethyl adjacent to an activating group) is 1. The average molecular weight is 305 g/mol. The van der Waals surface area contributed by atoms with Crippen molar-refractivity contribution in [1.82, 2.24) is 10.2 Å². The molecule has 0 aliphatic heterocycles. The van der Waals surface area contributed by atoms with Gasteiger partial charge in [0.15, 0.2) is 0 Å². The summed E-state index contributed by atoms with van der Waals surface area (Å²) < 4.78 is 5.07. The third kappa shape index (κ3) is 4.73. The van der Waals surface area contributed by atoms with E-state index in [2.05, 4.69) is 10.6 Å². The highest BCUT2D eigenvalue weighted by Crippen LogP contribution is 2.19. The van der Waals surface area contributed by atoms with Gasteiger partial charge in [0, 0.05) is 11.7 Å². The molecule has 0 saturated heterocycles. The van der Waals surface area contributed by atoms with E-state index in [-0.39, 0.29) is 24.4 Å². The quantitative estimate of drug-likeness (QED) is 0.795. The second-order valence-corrected chi connectivity index (χ2v) is 5.65. The van der Waals surface area contributed by atoms with Crippen LogP contribution in [0.4, 0.5) is 5.69 Å². The van der Waals surface area contributed by atoms with E-state index in [1.54, 1.807) is 50.2 Å². The molecule has 120 valence electrons. The molecule has 6 nitrogen and oxygen atoms in total. The number of carbonyl (C=O) groups is 2. The molecular formula is C16H23N3O3. The predicted octanol–water partition coefficient (Wildman–Crippen LogP) is 1.23. The van der Waals surface area contributed by atoms with E-state index in [0.717, 1.165) is 18.6 Å². The van der Waals surface area contributed by atoms with E-state index in [1.165, 1.54) is 0 Å². The summed E-state index contributed by atoms with van der Waals surface area (Å²) in [6, 6.07) is 7.12. The van der Waals surface area contributed by atoms with Crippen LogP contribution in [0.5, 0.6) is 5.75 Å². The second kappa shape index (κ2) is 7.26. The Bertz CT molecular complexity index is 526. The van der Waals surface area contributed by atoms with Gasteiger partial charge in [0.2, 0.25) is 11.8 Å². The van der Waals surface area contributed by atoms with Crippen LogP contribution in [0.2, 0.25) is 0 Å². The largest absolute Gasteiger partial charge is 0.497 e. The van der Waals surface area contributed by atoms with Gasteiger partial charge in [-0.15, -0.1) is 0 Å². The molecule has 2 N–H and O–H groups in total. The summed E-state index contributed by atoms with van der Waals surface area (Å²) in [7, 11) is 3.36. The van der Waals surface area contributed by atoms with Crippen molar-refractivity contribution in [3.8, 4) is 5.75 Å². The van der Waals surface area contributed by atoms with Crippen molar-refractivity contribution >= 4 is 17.5 Å². The van der Waals surface area contributed by atoms with Gasteiger partial charge in [-0.3, -0.25) is 14.5 Å². The third-order valence-electron chi connectivity index (χ3n) is 3.73. The van der Waals surface area contributed by atoms with Gasteiger partial charge in [-0.2, -0.15) is 0 Å². The molecule has 22 heavy (non-hydrogen) atoms. The lowest BCUT2D eigenvalue weighted by Crippen LogP contribution is -2.46. The van der Waals surface area contributed by atoms with E-state index in [9.17, 15) is 9.59 Å². The first-order chi connectivity index (χ1) is 10.5. The molecule has 0 spiro atoms. The standard InChI is InChI=1S/C16H23N3O3/c1-11(16(21)18-13-4-5-13)19(2)10-15(20)17-12-6-8-14(22-3)9-7-12/h6-9,11,13H,4-5,10H2,1-3H3,(H,17,20)(H,18,21). The molecule has 1 saturated carbocycles. The normalized spacial score (nSPS) is 15.3. The van der Waals surface area contributed by atoms with Gasteiger partial charge in [-0.1, -0.05) is 0 Å². The molecule has 0 radical (unpaired) electrons. The summed E-state index contributed by atoms with van der Waals surface area (Å²) in [6.45, 7) is 1.96. The Labute approximate surface area is 130 Å². The minimum atomic E-state index is -0.331. The Morgan fingerprint density at radius 3 is 2.50 bits per heavy atom. The van der Waals surface area contributed by atoms with Crippen LogP contribution in [-0.4, -0.2) is 49.5 Å². The number of hydrogen-bond donors (Lipinski definition) is 2. The van der Waals surface area contributed by atoms with Gasteiger partial charge in [0.25, 0.3) is 0 Å². The fourth-order valence-corrected chi connectivity index (χ4v) is 1.99. The van der Waals surface area contributed by atoms with Gasteiger partial charge < -0.3 is 15.4 Å². The number of methoxy groups -OCH3 is 1. The van der Waals surface area contributed by atoms with Crippen molar-refractivity contribution in [3.05, 3.63) is 24.3 Å². The fraction of sp³-hybridized carbons (Fsp3) is 0.500. The Hall–Kier alpha value is -2.08. The first kappa shape index (κ1) is 16.3. The highest BCUT2D eigenvalue weighted by Gasteiger charge is 2.27. The van der Waals surface area contributed by atoms with Crippen LogP contribution in [0, 0.1) is 0 Å². The molecule has 0 heterocycles. The van der Waals surface area contributed by atoms with Gasteiger partial charge >= 0.3 is 0 Å². The van der Waals surface area contributed by atoms with Crippen LogP contribution in [-0.2, 0) is 9.59 Å².